The van der Waals surface area contributed by atoms with Crippen LogP contribution in [0.5, 0.6) is 11.5 Å². The van der Waals surface area contributed by atoms with E-state index in [0.29, 0.717) is 28.0 Å². The number of rotatable bonds is 9. The molecule has 14 heteroatoms. The Balaban J connectivity index is 1.42. The molecule has 37 heavy (non-hydrogen) atoms. The summed E-state index contributed by atoms with van der Waals surface area (Å²) in [7, 11) is 1.75. The number of benzene rings is 2. The zero-order valence-electron chi connectivity index (χ0n) is 20.1. The van der Waals surface area contributed by atoms with Crippen LogP contribution in [0.1, 0.15) is 36.1 Å². The number of hydrogen-bond acceptors (Lipinski definition) is 9. The number of anilines is 1. The smallest absolute Gasteiger partial charge is 0.271 e. The number of hydrogen-bond donors (Lipinski definition) is 2. The van der Waals surface area contributed by atoms with Crippen molar-refractivity contribution in [1.82, 2.24) is 20.1 Å². The quantitative estimate of drug-likeness (QED) is 0.231. The molecule has 0 bridgehead atoms. The zero-order chi connectivity index (χ0) is 26.7. The van der Waals surface area contributed by atoms with E-state index in [1.807, 2.05) is 13.8 Å². The molecule has 2 heterocycles. The monoisotopic (exact) mass is 546 g/mol. The Morgan fingerprint density at radius 2 is 1.95 bits per heavy atom. The number of carbonyl (C=O) groups excluding carboxylic acids is 2. The van der Waals surface area contributed by atoms with Crippen LogP contribution in [0, 0.1) is 16.0 Å². The lowest BCUT2D eigenvalue weighted by atomic mass is 10.0. The molecule has 4 rings (SSSR count). The van der Waals surface area contributed by atoms with Crippen LogP contribution in [0.2, 0.25) is 5.02 Å². The Morgan fingerprint density at radius 3 is 2.68 bits per heavy atom. The van der Waals surface area contributed by atoms with Crippen molar-refractivity contribution in [1.29, 1.82) is 0 Å². The largest absolute Gasteiger partial charge is 0.454 e. The SMILES string of the molecule is CC(C)C(NC(=O)c1ccc2c(c1)OCO2)c1nnc(SCC(=O)Nc2cc([N+](=O)[O-])ccc2Cl)n1C. The molecule has 12 nitrogen and oxygen atoms in total. The maximum atomic E-state index is 13.0. The normalized spacial score (nSPS) is 12.9. The van der Waals surface area contributed by atoms with E-state index < -0.39 is 16.9 Å². The highest BCUT2D eigenvalue weighted by Gasteiger charge is 2.26. The Bertz CT molecular complexity index is 1360. The molecule has 1 aliphatic rings. The predicted octanol–water partition coefficient (Wildman–Crippen LogP) is 3.96. The van der Waals surface area contributed by atoms with Crippen molar-refractivity contribution in [3.63, 3.8) is 0 Å². The highest BCUT2D eigenvalue weighted by molar-refractivity contribution is 7.99. The number of nitrogens with zero attached hydrogens (tertiary/aromatic N) is 4. The van der Waals surface area contributed by atoms with Gasteiger partial charge in [0.2, 0.25) is 12.7 Å². The number of non-ortho nitro benzene ring substituents is 1. The van der Waals surface area contributed by atoms with Gasteiger partial charge in [-0.3, -0.25) is 19.7 Å². The molecule has 0 spiro atoms. The second-order valence-corrected chi connectivity index (χ2v) is 9.77. The van der Waals surface area contributed by atoms with Crippen molar-refractivity contribution in [2.75, 3.05) is 17.9 Å². The Morgan fingerprint density at radius 1 is 1.19 bits per heavy atom. The van der Waals surface area contributed by atoms with E-state index in [0.717, 1.165) is 11.8 Å². The molecule has 0 saturated carbocycles. The van der Waals surface area contributed by atoms with Crippen LogP contribution in [0.4, 0.5) is 11.4 Å². The lowest BCUT2D eigenvalue weighted by Gasteiger charge is -2.21. The van der Waals surface area contributed by atoms with Crippen LogP contribution in [0.3, 0.4) is 0 Å². The molecule has 1 aromatic heterocycles. The van der Waals surface area contributed by atoms with Crippen molar-refractivity contribution in [3.8, 4) is 11.5 Å². The van der Waals surface area contributed by atoms with Gasteiger partial charge < -0.3 is 24.7 Å². The topological polar surface area (TPSA) is 151 Å². The first-order chi connectivity index (χ1) is 17.6. The van der Waals surface area contributed by atoms with Crippen LogP contribution in [-0.4, -0.2) is 44.0 Å². The van der Waals surface area contributed by atoms with E-state index >= 15 is 0 Å². The van der Waals surface area contributed by atoms with Crippen LogP contribution >= 0.6 is 23.4 Å². The summed E-state index contributed by atoms with van der Waals surface area (Å²) in [5, 5.41) is 25.6. The molecule has 0 radical (unpaired) electrons. The number of carbonyl (C=O) groups is 2. The number of amides is 2. The number of nitro benzene ring substituents is 1. The van der Waals surface area contributed by atoms with Gasteiger partial charge in [-0.1, -0.05) is 37.2 Å². The first-order valence-corrected chi connectivity index (χ1v) is 12.5. The van der Waals surface area contributed by atoms with Crippen molar-refractivity contribution < 1.29 is 24.0 Å². The summed E-state index contributed by atoms with van der Waals surface area (Å²) in [6.07, 6.45) is 0. The molecule has 1 atom stereocenters. The number of aromatic nitrogens is 3. The van der Waals surface area contributed by atoms with E-state index in [1.54, 1.807) is 29.8 Å². The molecular weight excluding hydrogens is 524 g/mol. The molecule has 0 fully saturated rings. The van der Waals surface area contributed by atoms with Crippen LogP contribution in [0.25, 0.3) is 0 Å². The minimum absolute atomic E-state index is 0.0157. The van der Waals surface area contributed by atoms with Gasteiger partial charge in [0.25, 0.3) is 11.6 Å². The Hall–Kier alpha value is -3.84. The summed E-state index contributed by atoms with van der Waals surface area (Å²) in [5.41, 5.74) is 0.377. The molecule has 0 aliphatic carbocycles. The third kappa shape index (κ3) is 5.94. The molecule has 194 valence electrons. The lowest BCUT2D eigenvalue weighted by Crippen LogP contribution is -2.33. The van der Waals surface area contributed by atoms with Gasteiger partial charge in [0.05, 0.1) is 27.4 Å². The number of nitro groups is 1. The molecule has 3 aromatic rings. The molecule has 1 unspecified atom stereocenters. The molecule has 2 aromatic carbocycles. The molecule has 2 amide bonds. The fourth-order valence-electron chi connectivity index (χ4n) is 3.55. The average molecular weight is 547 g/mol. The number of ether oxygens (including phenoxy) is 2. The second-order valence-electron chi connectivity index (χ2n) is 8.42. The van der Waals surface area contributed by atoms with E-state index in [-0.39, 0.29) is 40.8 Å². The van der Waals surface area contributed by atoms with Crippen molar-refractivity contribution in [2.45, 2.75) is 25.0 Å². The van der Waals surface area contributed by atoms with Crippen LogP contribution in [0.15, 0.2) is 41.6 Å². The summed E-state index contributed by atoms with van der Waals surface area (Å²) in [5.74, 6) is 0.836. The fourth-order valence-corrected chi connectivity index (χ4v) is 4.44. The summed E-state index contributed by atoms with van der Waals surface area (Å²) >= 11 is 7.18. The summed E-state index contributed by atoms with van der Waals surface area (Å²) in [6.45, 7) is 4.01. The van der Waals surface area contributed by atoms with Gasteiger partial charge in [0.1, 0.15) is 0 Å². The van der Waals surface area contributed by atoms with E-state index in [9.17, 15) is 19.7 Å². The maximum Gasteiger partial charge on any atom is 0.271 e. The fraction of sp³-hybridized carbons (Fsp3) is 0.304. The summed E-state index contributed by atoms with van der Waals surface area (Å²) < 4.78 is 12.4. The third-order valence-electron chi connectivity index (χ3n) is 5.50. The standard InChI is InChI=1S/C23H23ClN6O6S/c1-12(2)20(26-22(32)13-4-7-17-18(8-13)36-11-35-17)21-27-28-23(29(21)3)37-10-19(31)25-16-9-14(30(33)34)5-6-15(16)24/h4-9,12,20H,10-11H2,1-3H3,(H,25,31)(H,26,32). The Labute approximate surface area is 220 Å². The van der Waals surface area contributed by atoms with Gasteiger partial charge in [-0.25, -0.2) is 0 Å². The highest BCUT2D eigenvalue weighted by atomic mass is 35.5. The second kappa shape index (κ2) is 11.0. The highest BCUT2D eigenvalue weighted by Crippen LogP contribution is 2.33. The molecular formula is C23H23ClN6O6S. The maximum absolute atomic E-state index is 13.0. The minimum Gasteiger partial charge on any atom is -0.454 e. The van der Waals surface area contributed by atoms with E-state index in [4.69, 9.17) is 21.1 Å². The number of halogens is 1. The van der Waals surface area contributed by atoms with E-state index in [2.05, 4.69) is 20.8 Å². The Kier molecular flexibility index (Phi) is 7.83. The summed E-state index contributed by atoms with van der Waals surface area (Å²) in [4.78, 5) is 35.8. The molecule has 0 saturated heterocycles. The molecule has 2 N–H and O–H groups in total. The lowest BCUT2D eigenvalue weighted by molar-refractivity contribution is -0.384. The van der Waals surface area contributed by atoms with Gasteiger partial charge in [-0.15, -0.1) is 10.2 Å². The first-order valence-electron chi connectivity index (χ1n) is 11.1. The zero-order valence-corrected chi connectivity index (χ0v) is 21.6. The van der Waals surface area contributed by atoms with Gasteiger partial charge in [-0.05, 0) is 30.2 Å². The first kappa shape index (κ1) is 26.2. The van der Waals surface area contributed by atoms with Crippen molar-refractivity contribution in [2.24, 2.45) is 13.0 Å². The van der Waals surface area contributed by atoms with E-state index in [1.165, 1.54) is 18.2 Å². The van der Waals surface area contributed by atoms with Crippen LogP contribution in [-0.2, 0) is 11.8 Å². The number of thioether (sulfide) groups is 1. The van der Waals surface area contributed by atoms with Gasteiger partial charge in [0.15, 0.2) is 22.5 Å². The number of nitrogens with one attached hydrogen (secondary N) is 2. The average Bonchev–Trinajstić information content (AvgIpc) is 3.48. The van der Waals surface area contributed by atoms with Gasteiger partial charge in [-0.2, -0.15) is 0 Å². The van der Waals surface area contributed by atoms with Crippen molar-refractivity contribution >= 4 is 46.6 Å². The predicted molar refractivity (Wildman–Crippen MR) is 136 cm³/mol. The van der Waals surface area contributed by atoms with Crippen LogP contribution < -0.4 is 20.1 Å². The van der Waals surface area contributed by atoms with Crippen molar-refractivity contribution in [3.05, 3.63) is 62.9 Å². The minimum atomic E-state index is -0.571. The van der Waals surface area contributed by atoms with Gasteiger partial charge >= 0.3 is 0 Å². The van der Waals surface area contributed by atoms with Gasteiger partial charge in [0, 0.05) is 24.7 Å². The third-order valence-corrected chi connectivity index (χ3v) is 6.85. The molecule has 1 aliphatic heterocycles. The number of fused-ring (bicyclic) bond motifs is 1. The summed E-state index contributed by atoms with van der Waals surface area (Å²) in [6, 6.07) is 8.31.